The number of ether oxygens (including phenoxy) is 1. The van der Waals surface area contributed by atoms with Crippen molar-refractivity contribution in [3.05, 3.63) is 78.1 Å². The Morgan fingerprint density at radius 2 is 1.81 bits per heavy atom. The SMILES string of the molecule is C=CC[C@@]1(c2ccc(F)cc2)C(=O)N(C(=O)OC(C)(C)C)c2ccccc21. The van der Waals surface area contributed by atoms with Crippen molar-refractivity contribution in [2.24, 2.45) is 0 Å². The molecule has 0 saturated carbocycles. The molecule has 0 bridgehead atoms. The van der Waals surface area contributed by atoms with Crippen molar-refractivity contribution in [2.75, 3.05) is 4.90 Å². The summed E-state index contributed by atoms with van der Waals surface area (Å²) in [5.74, 6) is -0.820. The summed E-state index contributed by atoms with van der Waals surface area (Å²) in [7, 11) is 0. The maximum Gasteiger partial charge on any atom is 0.421 e. The number of amides is 2. The number of fused-ring (bicyclic) bond motifs is 1. The first-order chi connectivity index (χ1) is 12.7. The lowest BCUT2D eigenvalue weighted by Gasteiger charge is -2.29. The van der Waals surface area contributed by atoms with E-state index in [-0.39, 0.29) is 6.42 Å². The lowest BCUT2D eigenvalue weighted by molar-refractivity contribution is -0.121. The first kappa shape index (κ1) is 18.8. The predicted octanol–water partition coefficient (Wildman–Crippen LogP) is 4.97. The molecule has 0 saturated heterocycles. The lowest BCUT2D eigenvalue weighted by atomic mass is 9.73. The molecule has 3 rings (SSSR count). The number of benzene rings is 2. The molecule has 0 fully saturated rings. The normalized spacial score (nSPS) is 19.0. The zero-order valence-electron chi connectivity index (χ0n) is 15.7. The first-order valence-corrected chi connectivity index (χ1v) is 8.75. The van der Waals surface area contributed by atoms with Gasteiger partial charge in [-0.05, 0) is 56.5 Å². The van der Waals surface area contributed by atoms with Gasteiger partial charge in [0.25, 0.3) is 5.91 Å². The Morgan fingerprint density at radius 3 is 2.41 bits per heavy atom. The van der Waals surface area contributed by atoms with E-state index in [1.165, 1.54) is 12.1 Å². The van der Waals surface area contributed by atoms with Gasteiger partial charge in [0, 0.05) is 0 Å². The molecular formula is C22H22FNO3. The van der Waals surface area contributed by atoms with Gasteiger partial charge in [-0.3, -0.25) is 4.79 Å². The van der Waals surface area contributed by atoms with Gasteiger partial charge in [-0.15, -0.1) is 6.58 Å². The van der Waals surface area contributed by atoms with Crippen LogP contribution in [0, 0.1) is 5.82 Å². The van der Waals surface area contributed by atoms with Gasteiger partial charge in [-0.1, -0.05) is 36.4 Å². The zero-order valence-corrected chi connectivity index (χ0v) is 15.7. The van der Waals surface area contributed by atoms with Crippen molar-refractivity contribution in [1.82, 2.24) is 0 Å². The zero-order chi connectivity index (χ0) is 19.8. The average molecular weight is 367 g/mol. The van der Waals surface area contributed by atoms with Gasteiger partial charge in [0.05, 0.1) is 5.69 Å². The van der Waals surface area contributed by atoms with E-state index >= 15 is 0 Å². The molecule has 2 aromatic rings. The molecule has 27 heavy (non-hydrogen) atoms. The van der Waals surface area contributed by atoms with Crippen LogP contribution in [0.2, 0.25) is 0 Å². The van der Waals surface area contributed by atoms with Crippen LogP contribution in [0.25, 0.3) is 0 Å². The number of hydrogen-bond acceptors (Lipinski definition) is 3. The number of allylic oxidation sites excluding steroid dienone is 1. The molecule has 0 aliphatic carbocycles. The third-order valence-electron chi connectivity index (χ3n) is 4.54. The molecule has 5 heteroatoms. The van der Waals surface area contributed by atoms with Crippen molar-refractivity contribution < 1.29 is 18.7 Å². The van der Waals surface area contributed by atoms with Crippen molar-refractivity contribution >= 4 is 17.7 Å². The lowest BCUT2D eigenvalue weighted by Crippen LogP contribution is -2.45. The van der Waals surface area contributed by atoms with Crippen LogP contribution in [0.1, 0.15) is 38.3 Å². The molecule has 1 atom stereocenters. The van der Waals surface area contributed by atoms with Gasteiger partial charge in [0.1, 0.15) is 16.8 Å². The summed E-state index contributed by atoms with van der Waals surface area (Å²) in [4.78, 5) is 27.5. The Bertz CT molecular complexity index is 899. The van der Waals surface area contributed by atoms with Crippen LogP contribution in [-0.2, 0) is 14.9 Å². The summed E-state index contributed by atoms with van der Waals surface area (Å²) < 4.78 is 18.9. The van der Waals surface area contributed by atoms with E-state index in [2.05, 4.69) is 6.58 Å². The van der Waals surface area contributed by atoms with Crippen molar-refractivity contribution in [3.8, 4) is 0 Å². The highest BCUT2D eigenvalue weighted by Gasteiger charge is 2.54. The van der Waals surface area contributed by atoms with Gasteiger partial charge in [-0.25, -0.2) is 14.1 Å². The van der Waals surface area contributed by atoms with Crippen LogP contribution >= 0.6 is 0 Å². The van der Waals surface area contributed by atoms with Crippen molar-refractivity contribution in [1.29, 1.82) is 0 Å². The van der Waals surface area contributed by atoms with E-state index in [0.29, 0.717) is 16.8 Å². The summed E-state index contributed by atoms with van der Waals surface area (Å²) in [5.41, 5.74) is -0.142. The third kappa shape index (κ3) is 3.14. The maximum atomic E-state index is 13.6. The smallest absolute Gasteiger partial charge is 0.421 e. The van der Waals surface area contributed by atoms with Gasteiger partial charge in [-0.2, -0.15) is 0 Å². The molecule has 1 aliphatic heterocycles. The van der Waals surface area contributed by atoms with Crippen LogP contribution in [0.15, 0.2) is 61.2 Å². The number of anilines is 1. The quantitative estimate of drug-likeness (QED) is 0.720. The van der Waals surface area contributed by atoms with E-state index in [1.54, 1.807) is 51.1 Å². The maximum absolute atomic E-state index is 13.6. The molecule has 1 heterocycles. The Labute approximate surface area is 158 Å². The highest BCUT2D eigenvalue weighted by Crippen LogP contribution is 2.48. The van der Waals surface area contributed by atoms with Crippen LogP contribution < -0.4 is 4.90 Å². The first-order valence-electron chi connectivity index (χ1n) is 8.75. The predicted molar refractivity (Wildman–Crippen MR) is 102 cm³/mol. The molecule has 0 radical (unpaired) electrons. The van der Waals surface area contributed by atoms with Gasteiger partial charge >= 0.3 is 6.09 Å². The van der Waals surface area contributed by atoms with Gasteiger partial charge in [0.2, 0.25) is 0 Å². The Kier molecular flexibility index (Phi) is 4.64. The summed E-state index contributed by atoms with van der Waals surface area (Å²) in [5, 5.41) is 0. The Morgan fingerprint density at radius 1 is 1.19 bits per heavy atom. The van der Waals surface area contributed by atoms with E-state index in [4.69, 9.17) is 4.74 Å². The standard InChI is InChI=1S/C22H22FNO3/c1-5-14-22(15-10-12-16(23)13-11-15)17-8-6-7-9-18(17)24(19(22)25)20(26)27-21(2,3)4/h5-13H,1,14H2,2-4H3/t22-/m0/s1. The Hall–Kier alpha value is -2.95. The van der Waals surface area contributed by atoms with Crippen molar-refractivity contribution in [2.45, 2.75) is 38.2 Å². The second-order valence-corrected chi connectivity index (χ2v) is 7.54. The number of para-hydroxylation sites is 1. The average Bonchev–Trinajstić information content (AvgIpc) is 2.84. The van der Waals surface area contributed by atoms with Gasteiger partial charge < -0.3 is 4.74 Å². The molecule has 0 N–H and O–H groups in total. The molecular weight excluding hydrogens is 345 g/mol. The molecule has 2 aromatic carbocycles. The summed E-state index contributed by atoms with van der Waals surface area (Å²) >= 11 is 0. The summed E-state index contributed by atoms with van der Waals surface area (Å²) in [6.45, 7) is 9.02. The number of hydrogen-bond donors (Lipinski definition) is 0. The van der Waals surface area contributed by atoms with E-state index in [9.17, 15) is 14.0 Å². The fourth-order valence-electron chi connectivity index (χ4n) is 3.48. The minimum atomic E-state index is -1.15. The number of imide groups is 1. The second kappa shape index (κ2) is 6.65. The topological polar surface area (TPSA) is 46.6 Å². The third-order valence-corrected chi connectivity index (χ3v) is 4.54. The molecule has 0 spiro atoms. The van der Waals surface area contributed by atoms with E-state index in [1.807, 2.05) is 12.1 Å². The van der Waals surface area contributed by atoms with Crippen LogP contribution in [0.3, 0.4) is 0 Å². The molecule has 2 amide bonds. The highest BCUT2D eigenvalue weighted by atomic mass is 19.1. The summed E-state index contributed by atoms with van der Waals surface area (Å²) in [6.07, 6.45) is 1.18. The monoisotopic (exact) mass is 367 g/mol. The minimum Gasteiger partial charge on any atom is -0.443 e. The van der Waals surface area contributed by atoms with Crippen LogP contribution in [0.4, 0.5) is 14.9 Å². The number of rotatable bonds is 3. The fourth-order valence-corrected chi connectivity index (χ4v) is 3.48. The fraction of sp³-hybridized carbons (Fsp3) is 0.273. The number of halogens is 1. The van der Waals surface area contributed by atoms with E-state index in [0.717, 1.165) is 4.90 Å². The molecule has 0 aromatic heterocycles. The largest absolute Gasteiger partial charge is 0.443 e. The number of carbonyl (C=O) groups is 2. The van der Waals surface area contributed by atoms with Crippen LogP contribution in [0.5, 0.6) is 0 Å². The minimum absolute atomic E-state index is 0.272. The Balaban J connectivity index is 2.20. The number of carbonyl (C=O) groups excluding carboxylic acids is 2. The second-order valence-electron chi connectivity index (χ2n) is 7.54. The van der Waals surface area contributed by atoms with Crippen molar-refractivity contribution in [3.63, 3.8) is 0 Å². The highest BCUT2D eigenvalue weighted by molar-refractivity contribution is 6.22. The van der Waals surface area contributed by atoms with E-state index < -0.39 is 28.8 Å². The van der Waals surface area contributed by atoms with Crippen LogP contribution in [-0.4, -0.2) is 17.6 Å². The molecule has 4 nitrogen and oxygen atoms in total. The molecule has 0 unspecified atom stereocenters. The number of nitrogens with zero attached hydrogens (tertiary/aromatic N) is 1. The molecule has 1 aliphatic rings. The van der Waals surface area contributed by atoms with Gasteiger partial charge in [0.15, 0.2) is 0 Å². The molecule has 140 valence electrons. The summed E-state index contributed by atoms with van der Waals surface area (Å²) in [6, 6.07) is 12.9.